The zero-order valence-corrected chi connectivity index (χ0v) is 22.1. The first-order valence-corrected chi connectivity index (χ1v) is 13.9. The number of aryl methyl sites for hydroxylation is 1. The lowest BCUT2D eigenvalue weighted by molar-refractivity contribution is 0.356. The lowest BCUT2D eigenvalue weighted by Crippen LogP contribution is -2.33. The Morgan fingerprint density at radius 2 is 1.42 bits per heavy atom. The quantitative estimate of drug-likeness (QED) is 0.330. The lowest BCUT2D eigenvalue weighted by Gasteiger charge is -2.38. The third-order valence-electron chi connectivity index (χ3n) is 7.96. The molecule has 3 aromatic carbocycles. The van der Waals surface area contributed by atoms with E-state index in [1.54, 1.807) is 0 Å². The average Bonchev–Trinajstić information content (AvgIpc) is 3.00. The second-order valence-electron chi connectivity index (χ2n) is 10.5. The topological polar surface area (TPSA) is 3.24 Å². The minimum absolute atomic E-state index is 0.312. The predicted molar refractivity (Wildman–Crippen MR) is 161 cm³/mol. The summed E-state index contributed by atoms with van der Waals surface area (Å²) < 4.78 is 0. The predicted octanol–water partition coefficient (Wildman–Crippen LogP) is 9.40. The Morgan fingerprint density at radius 1 is 0.658 bits per heavy atom. The van der Waals surface area contributed by atoms with Crippen LogP contribution in [0.25, 0.3) is 11.1 Å². The van der Waals surface area contributed by atoms with Crippen molar-refractivity contribution in [1.29, 1.82) is 0 Å². The van der Waals surface area contributed by atoms with E-state index in [1.807, 2.05) is 0 Å². The second-order valence-corrected chi connectivity index (χ2v) is 10.5. The van der Waals surface area contributed by atoms with Gasteiger partial charge in [0.15, 0.2) is 0 Å². The van der Waals surface area contributed by atoms with E-state index in [4.69, 9.17) is 0 Å². The molecule has 0 spiro atoms. The molecule has 2 unspecified atom stereocenters. The molecular weight excluding hydrogens is 458 g/mol. The van der Waals surface area contributed by atoms with E-state index in [-0.39, 0.29) is 0 Å². The summed E-state index contributed by atoms with van der Waals surface area (Å²) in [5.74, 6) is 0.446. The SMILES string of the molecule is Cc1ccc(C2=CC=C(N(C3=CCC(c4ccccc4)C=C3)C3C=CC(c4ccccc4)=CC3)CC2)cc1. The van der Waals surface area contributed by atoms with Crippen molar-refractivity contribution in [1.82, 2.24) is 4.90 Å². The summed E-state index contributed by atoms with van der Waals surface area (Å²) in [4.78, 5) is 2.59. The van der Waals surface area contributed by atoms with E-state index in [2.05, 4.69) is 145 Å². The molecule has 3 aliphatic carbocycles. The highest BCUT2D eigenvalue weighted by Gasteiger charge is 2.26. The van der Waals surface area contributed by atoms with Crippen molar-refractivity contribution in [3.8, 4) is 0 Å². The van der Waals surface area contributed by atoms with Crippen LogP contribution in [0.1, 0.15) is 53.9 Å². The Bertz CT molecular complexity index is 1450. The molecule has 0 saturated carbocycles. The monoisotopic (exact) mass is 493 g/mol. The molecule has 3 aromatic rings. The molecule has 1 heteroatoms. The van der Waals surface area contributed by atoms with Crippen LogP contribution in [0.5, 0.6) is 0 Å². The average molecular weight is 494 g/mol. The minimum Gasteiger partial charge on any atom is -0.338 e. The number of benzene rings is 3. The molecule has 0 amide bonds. The van der Waals surface area contributed by atoms with Crippen LogP contribution in [-0.2, 0) is 0 Å². The van der Waals surface area contributed by atoms with Gasteiger partial charge in [0.25, 0.3) is 0 Å². The summed E-state index contributed by atoms with van der Waals surface area (Å²) in [5, 5.41) is 0. The first-order chi connectivity index (χ1) is 18.7. The summed E-state index contributed by atoms with van der Waals surface area (Å²) in [6, 6.07) is 30.8. The molecule has 0 N–H and O–H groups in total. The first-order valence-electron chi connectivity index (χ1n) is 13.9. The number of nitrogens with zero attached hydrogens (tertiary/aromatic N) is 1. The standard InChI is InChI=1S/C37H35N/c1-28-12-14-31(15-13-28)34-20-26-37(27-21-34)38(35-22-16-32(17-23-35)29-8-4-2-5-9-29)36-24-18-33(19-25-36)30-10-6-3-7-11-30/h2-18,20,22,24-26,33,35H,19,21,23,27H2,1H3. The van der Waals surface area contributed by atoms with E-state index in [0.717, 1.165) is 25.7 Å². The van der Waals surface area contributed by atoms with Crippen molar-refractivity contribution in [2.75, 3.05) is 0 Å². The molecule has 1 nitrogen and oxygen atoms in total. The van der Waals surface area contributed by atoms with Gasteiger partial charge in [-0.15, -0.1) is 0 Å². The van der Waals surface area contributed by atoms with Crippen molar-refractivity contribution in [2.45, 2.75) is 44.6 Å². The second kappa shape index (κ2) is 11.1. The first kappa shape index (κ1) is 24.2. The molecule has 0 radical (unpaired) electrons. The number of allylic oxidation sites excluding steroid dienone is 9. The largest absolute Gasteiger partial charge is 0.338 e. The molecule has 0 aromatic heterocycles. The molecule has 6 rings (SSSR count). The van der Waals surface area contributed by atoms with E-state index in [1.165, 1.54) is 44.8 Å². The van der Waals surface area contributed by atoms with E-state index < -0.39 is 0 Å². The van der Waals surface area contributed by atoms with Crippen LogP contribution < -0.4 is 0 Å². The van der Waals surface area contributed by atoms with Crippen LogP contribution in [0.4, 0.5) is 0 Å². The minimum atomic E-state index is 0.312. The summed E-state index contributed by atoms with van der Waals surface area (Å²) in [6.07, 6.45) is 23.2. The van der Waals surface area contributed by atoms with Gasteiger partial charge in [-0.05, 0) is 72.6 Å². The van der Waals surface area contributed by atoms with Gasteiger partial charge in [-0.2, -0.15) is 0 Å². The highest BCUT2D eigenvalue weighted by molar-refractivity contribution is 5.75. The van der Waals surface area contributed by atoms with Gasteiger partial charge in [-0.3, -0.25) is 0 Å². The molecule has 3 aliphatic rings. The molecule has 38 heavy (non-hydrogen) atoms. The highest BCUT2D eigenvalue weighted by Crippen LogP contribution is 2.37. The van der Waals surface area contributed by atoms with Gasteiger partial charge in [-0.1, -0.05) is 127 Å². The Balaban J connectivity index is 1.28. The van der Waals surface area contributed by atoms with Crippen molar-refractivity contribution in [3.63, 3.8) is 0 Å². The van der Waals surface area contributed by atoms with Crippen molar-refractivity contribution >= 4 is 11.1 Å². The van der Waals surface area contributed by atoms with Crippen LogP contribution >= 0.6 is 0 Å². The third-order valence-corrected chi connectivity index (χ3v) is 7.96. The van der Waals surface area contributed by atoms with Crippen LogP contribution in [0.3, 0.4) is 0 Å². The molecule has 0 saturated heterocycles. The smallest absolute Gasteiger partial charge is 0.0557 e. The highest BCUT2D eigenvalue weighted by atomic mass is 15.2. The number of hydrogen-bond acceptors (Lipinski definition) is 1. The molecule has 0 aliphatic heterocycles. The maximum absolute atomic E-state index is 2.59. The maximum atomic E-state index is 2.59. The maximum Gasteiger partial charge on any atom is 0.0557 e. The number of hydrogen-bond donors (Lipinski definition) is 0. The van der Waals surface area contributed by atoms with Crippen molar-refractivity contribution < 1.29 is 0 Å². The Hall–Kier alpha value is -4.10. The van der Waals surface area contributed by atoms with E-state index in [9.17, 15) is 0 Å². The van der Waals surface area contributed by atoms with Crippen LogP contribution in [0, 0.1) is 6.92 Å². The molecule has 2 atom stereocenters. The van der Waals surface area contributed by atoms with Gasteiger partial charge in [0.1, 0.15) is 0 Å². The third kappa shape index (κ3) is 5.29. The zero-order chi connectivity index (χ0) is 25.7. The number of rotatable bonds is 6. The van der Waals surface area contributed by atoms with E-state index >= 15 is 0 Å². The fourth-order valence-electron chi connectivity index (χ4n) is 5.79. The summed E-state index contributed by atoms with van der Waals surface area (Å²) >= 11 is 0. The lowest BCUT2D eigenvalue weighted by atomic mass is 9.89. The van der Waals surface area contributed by atoms with Crippen molar-refractivity contribution in [2.24, 2.45) is 0 Å². The fraction of sp³-hybridized carbons (Fsp3) is 0.189. The van der Waals surface area contributed by atoms with Gasteiger partial charge in [0.05, 0.1) is 6.04 Å². The van der Waals surface area contributed by atoms with Crippen LogP contribution in [0.15, 0.2) is 145 Å². The Kier molecular flexibility index (Phi) is 7.09. The Morgan fingerprint density at radius 3 is 2.05 bits per heavy atom. The molecule has 0 fully saturated rings. The molecule has 188 valence electrons. The van der Waals surface area contributed by atoms with Gasteiger partial charge in [-0.25, -0.2) is 0 Å². The summed E-state index contributed by atoms with van der Waals surface area (Å²) in [5.41, 5.74) is 10.8. The Labute approximate surface area is 227 Å². The van der Waals surface area contributed by atoms with Crippen LogP contribution in [0.2, 0.25) is 0 Å². The molecular formula is C37H35N. The van der Waals surface area contributed by atoms with Gasteiger partial charge in [0, 0.05) is 17.3 Å². The fourth-order valence-corrected chi connectivity index (χ4v) is 5.79. The zero-order valence-electron chi connectivity index (χ0n) is 22.1. The van der Waals surface area contributed by atoms with Crippen molar-refractivity contribution in [3.05, 3.63) is 167 Å². The normalized spacial score (nSPS) is 20.8. The molecule has 0 heterocycles. The summed E-state index contributed by atoms with van der Waals surface area (Å²) in [6.45, 7) is 2.15. The molecule has 0 bridgehead atoms. The van der Waals surface area contributed by atoms with Gasteiger partial charge in [0.2, 0.25) is 0 Å². The summed E-state index contributed by atoms with van der Waals surface area (Å²) in [7, 11) is 0. The van der Waals surface area contributed by atoms with Gasteiger partial charge >= 0.3 is 0 Å². The van der Waals surface area contributed by atoms with E-state index in [0.29, 0.717) is 12.0 Å². The van der Waals surface area contributed by atoms with Crippen LogP contribution in [-0.4, -0.2) is 10.9 Å². The van der Waals surface area contributed by atoms with Gasteiger partial charge < -0.3 is 4.90 Å².